The number of carboxylic acid groups (broad SMARTS) is 1. The van der Waals surface area contributed by atoms with Gasteiger partial charge in [0.25, 0.3) is 0 Å². The molecule has 1 saturated heterocycles. The molecule has 19 N–H and O–H groups in total. The molecular formula is C48H77N14O13S+. The van der Waals surface area contributed by atoms with Gasteiger partial charge in [-0.25, -0.2) is 0 Å². The van der Waals surface area contributed by atoms with Crippen LogP contribution in [0, 0.1) is 5.92 Å². The minimum atomic E-state index is -2.02. The van der Waals surface area contributed by atoms with E-state index in [0.717, 1.165) is 34.5 Å². The van der Waals surface area contributed by atoms with Crippen molar-refractivity contribution in [3.63, 3.8) is 0 Å². The summed E-state index contributed by atoms with van der Waals surface area (Å²) in [5, 5.41) is 50.9. The molecule has 28 heteroatoms. The number of carbonyl (C=O) groups excluding carboxylic acids is 10. The van der Waals surface area contributed by atoms with Crippen LogP contribution in [-0.2, 0) is 61.4 Å². The molecule has 3 rings (SSSR count). The number of primary amides is 1. The number of amides is 9. The van der Waals surface area contributed by atoms with Crippen molar-refractivity contribution in [1.29, 1.82) is 0 Å². The molecule has 0 spiro atoms. The van der Waals surface area contributed by atoms with E-state index in [4.69, 9.17) is 17.2 Å². The number of thioether (sulfide) groups is 1. The molecule has 1 aromatic carbocycles. The number of aliphatic carboxylic acids is 1. The number of fused-ring (bicyclic) bond motifs is 1. The molecule has 1 fully saturated rings. The molecule has 1 aliphatic rings. The number of nitrogens with one attached hydrogen (secondary N) is 8. The third-order valence-electron chi connectivity index (χ3n) is 12.4. The number of aromatic nitrogens is 1. The van der Waals surface area contributed by atoms with Gasteiger partial charge in [-0.15, -0.1) is 0 Å². The summed E-state index contributed by atoms with van der Waals surface area (Å²) < 4.78 is 1.84. The number of aryl methyl sites for hydroxylation is 1. The van der Waals surface area contributed by atoms with Gasteiger partial charge in [0, 0.05) is 67.9 Å². The van der Waals surface area contributed by atoms with E-state index >= 15 is 0 Å². The van der Waals surface area contributed by atoms with Gasteiger partial charge < -0.3 is 78.3 Å². The topological polar surface area (TPSA) is 446 Å². The van der Waals surface area contributed by atoms with Gasteiger partial charge in [-0.2, -0.15) is 11.8 Å². The van der Waals surface area contributed by atoms with Crippen molar-refractivity contribution in [2.75, 3.05) is 38.2 Å². The van der Waals surface area contributed by atoms with Gasteiger partial charge in [0.15, 0.2) is 0 Å². The van der Waals surface area contributed by atoms with Crippen LogP contribution < -0.4 is 70.3 Å². The lowest BCUT2D eigenvalue weighted by Crippen LogP contribution is -2.78. The quantitative estimate of drug-likeness (QED) is 0.0314. The van der Waals surface area contributed by atoms with E-state index in [1.165, 1.54) is 7.05 Å². The van der Waals surface area contributed by atoms with E-state index in [9.17, 15) is 63.3 Å². The number of hydrogen-bond donors (Lipinski definition) is 14. The van der Waals surface area contributed by atoms with Crippen molar-refractivity contribution in [3.8, 4) is 0 Å². The second-order valence-electron chi connectivity index (χ2n) is 19.1. The molecule has 27 nitrogen and oxygen atoms in total. The Labute approximate surface area is 444 Å². The van der Waals surface area contributed by atoms with E-state index in [0.29, 0.717) is 24.9 Å². The first-order valence-corrected chi connectivity index (χ1v) is 26.2. The van der Waals surface area contributed by atoms with Crippen LogP contribution in [0.5, 0.6) is 0 Å². The highest BCUT2D eigenvalue weighted by molar-refractivity contribution is 7.99. The van der Waals surface area contributed by atoms with Crippen LogP contribution in [0.25, 0.3) is 10.9 Å². The summed E-state index contributed by atoms with van der Waals surface area (Å²) in [7, 11) is 3.13. The Hall–Kier alpha value is -7.04. The summed E-state index contributed by atoms with van der Waals surface area (Å²) in [4.78, 5) is 140. The number of aliphatic hydroxyl groups excluding tert-OH is 2. The summed E-state index contributed by atoms with van der Waals surface area (Å²) in [6.07, 6.45) is 0.00168. The third-order valence-corrected chi connectivity index (χ3v) is 13.5. The molecule has 9 atom stereocenters. The molecule has 2 heterocycles. The van der Waals surface area contributed by atoms with Gasteiger partial charge in [0.1, 0.15) is 48.3 Å². The Bertz CT molecular complexity index is 2400. The van der Waals surface area contributed by atoms with Crippen molar-refractivity contribution in [2.24, 2.45) is 30.2 Å². The number of aliphatic hydroxyl groups is 2. The molecule has 1 aliphatic heterocycles. The SMILES string of the molecule is CC(C)C[C@@H]1NC(=O)[C@H]([C@@H](C)O)NC(=O)[C@H](CC(=O)[O-])NC(=O)[C@H](CO)NC(=O)[C@H](CCC[NH+]=C(N)N)N(C)C(=O)CCSC[C@@H](C(=O)N[C@@H](Cc2cn(C)c3ccccc23)C(=O)N[C@@H](CCCC[NH3+])C(N)=O)NC1=O. The molecule has 0 aliphatic carbocycles. The molecule has 2 aromatic rings. The molecule has 0 radical (unpaired) electrons. The van der Waals surface area contributed by atoms with E-state index < -0.39 is 127 Å². The Morgan fingerprint density at radius 3 is 2.12 bits per heavy atom. The number of quaternary nitrogens is 1. The zero-order valence-electron chi connectivity index (χ0n) is 43.7. The van der Waals surface area contributed by atoms with Gasteiger partial charge in [-0.05, 0) is 63.0 Å². The fourth-order valence-corrected chi connectivity index (χ4v) is 9.26. The first kappa shape index (κ1) is 63.3. The average Bonchev–Trinajstić information content (AvgIpc) is 3.67. The number of rotatable bonds is 21. The number of para-hydroxylation sites is 1. The zero-order valence-corrected chi connectivity index (χ0v) is 44.5. The highest BCUT2D eigenvalue weighted by atomic mass is 32.2. The average molecular weight is 1090 g/mol. The lowest BCUT2D eigenvalue weighted by molar-refractivity contribution is -0.459. The fourth-order valence-electron chi connectivity index (χ4n) is 8.30. The van der Waals surface area contributed by atoms with Crippen molar-refractivity contribution in [3.05, 3.63) is 36.0 Å². The van der Waals surface area contributed by atoms with Crippen LogP contribution in [0.15, 0.2) is 30.5 Å². The highest BCUT2D eigenvalue weighted by Gasteiger charge is 2.37. The normalized spacial score (nSPS) is 22.0. The first-order valence-electron chi connectivity index (χ1n) is 25.1. The molecule has 1 aromatic heterocycles. The van der Waals surface area contributed by atoms with Crippen molar-refractivity contribution in [2.45, 2.75) is 133 Å². The number of unbranched alkanes of at least 4 members (excludes halogenated alkanes) is 1. The minimum absolute atomic E-state index is 0.00566. The van der Waals surface area contributed by atoms with Gasteiger partial charge >= 0.3 is 5.96 Å². The maximum Gasteiger partial charge on any atom is 0.338 e. The van der Waals surface area contributed by atoms with E-state index in [-0.39, 0.29) is 68.5 Å². The first-order chi connectivity index (χ1) is 35.9. The summed E-state index contributed by atoms with van der Waals surface area (Å²) in [6.45, 7) is 4.23. The van der Waals surface area contributed by atoms with Crippen LogP contribution in [0.1, 0.15) is 77.7 Å². The summed E-state index contributed by atoms with van der Waals surface area (Å²) in [5.41, 5.74) is 22.0. The number of hydrogen-bond acceptors (Lipinski definition) is 14. The molecule has 0 bridgehead atoms. The van der Waals surface area contributed by atoms with Crippen LogP contribution in [0.2, 0.25) is 0 Å². The molecule has 422 valence electrons. The number of carboxylic acids is 1. The maximum atomic E-state index is 14.7. The molecule has 0 unspecified atom stereocenters. The minimum Gasteiger partial charge on any atom is -0.550 e. The summed E-state index contributed by atoms with van der Waals surface area (Å²) in [5.74, 6) is -11.1. The van der Waals surface area contributed by atoms with Crippen LogP contribution in [0.3, 0.4) is 0 Å². The largest absolute Gasteiger partial charge is 0.550 e. The molecule has 9 amide bonds. The third kappa shape index (κ3) is 19.9. The van der Waals surface area contributed by atoms with Crippen molar-refractivity contribution >= 4 is 87.8 Å². The smallest absolute Gasteiger partial charge is 0.338 e. The van der Waals surface area contributed by atoms with Crippen molar-refractivity contribution < 1.29 is 74.0 Å². The lowest BCUT2D eigenvalue weighted by atomic mass is 10.0. The number of benzene rings is 1. The number of likely N-dealkylation sites (N-methyl/N-ethyl adjacent to an activating group) is 1. The second-order valence-corrected chi connectivity index (χ2v) is 20.2. The molecule has 0 saturated carbocycles. The van der Waals surface area contributed by atoms with E-state index in [2.05, 4.69) is 47.9 Å². The summed E-state index contributed by atoms with van der Waals surface area (Å²) >= 11 is 1.04. The predicted octanol–water partition coefficient (Wildman–Crippen LogP) is -8.33. The zero-order chi connectivity index (χ0) is 56.8. The maximum absolute atomic E-state index is 14.7. The highest BCUT2D eigenvalue weighted by Crippen LogP contribution is 2.22. The fraction of sp³-hybridized carbons (Fsp3) is 0.604. The second kappa shape index (κ2) is 31.1. The van der Waals surface area contributed by atoms with Crippen LogP contribution in [0.4, 0.5) is 0 Å². The Kier molecular flexibility index (Phi) is 25.9. The van der Waals surface area contributed by atoms with E-state index in [1.807, 2.05) is 35.9 Å². The Balaban J connectivity index is 2.15. The molecule has 76 heavy (non-hydrogen) atoms. The lowest BCUT2D eigenvalue weighted by Gasteiger charge is -2.30. The number of nitrogens with two attached hydrogens (primary N) is 3. The number of carbonyl (C=O) groups is 10. The Morgan fingerprint density at radius 2 is 1.50 bits per heavy atom. The number of nitrogens with zero attached hydrogens (tertiary/aromatic N) is 2. The van der Waals surface area contributed by atoms with Gasteiger partial charge in [-0.1, -0.05) is 32.0 Å². The monoisotopic (exact) mass is 1090 g/mol. The van der Waals surface area contributed by atoms with Crippen LogP contribution in [-0.4, -0.2) is 177 Å². The Morgan fingerprint density at radius 1 is 0.855 bits per heavy atom. The number of guanidine groups is 1. The van der Waals surface area contributed by atoms with Gasteiger partial charge in [0.2, 0.25) is 53.2 Å². The molecular weight excluding hydrogens is 1010 g/mol. The standard InChI is InChI=1S/C48H76N14O13S/c1-25(2)19-30-41(69)59-34(45(73)55-31(42(70)54-29(40(50)68)12-8-9-16-49)20-27-22-61(4)35-13-7-6-11-28(27)35)24-76-18-15-37(65)62(5)36(14-10-17-53-48(51)52)46(74)58-33(23-63)44(72)56-32(21-38(66)67)43(71)60-39(26(3)64)47(75)57-30/h6-7,11,13,22,25-26,29-34,36,39,63-64H,8-10,12,14-21,23-24,49H2,1-5H3,(H2,50,68)(H,54,70)(H,55,73)(H,56,72)(H,57,75)(H,58,74)(H,59,69)(H,60,71)(H,66,67)(H4,51,52,53)/p+1/t26-,29+,30+,31+,32+,33+,34+,36+,39+/m1/s1. The van der Waals surface area contributed by atoms with Crippen LogP contribution >= 0.6 is 11.8 Å². The van der Waals surface area contributed by atoms with Crippen molar-refractivity contribution in [1.82, 2.24) is 46.7 Å². The van der Waals surface area contributed by atoms with Gasteiger partial charge in [0.05, 0.1) is 25.8 Å². The summed E-state index contributed by atoms with van der Waals surface area (Å²) in [6, 6.07) is -5.07. The predicted molar refractivity (Wildman–Crippen MR) is 276 cm³/mol. The van der Waals surface area contributed by atoms with Gasteiger partial charge in [-0.3, -0.25) is 59.6 Å². The van der Waals surface area contributed by atoms with E-state index in [1.54, 1.807) is 20.0 Å².